The molecular weight excluding hydrogens is 425 g/mol. The van der Waals surface area contributed by atoms with Crippen LogP contribution in [-0.4, -0.2) is 37.8 Å². The molecule has 1 atom stereocenters. The Morgan fingerprint density at radius 1 is 1.30 bits per heavy atom. The summed E-state index contributed by atoms with van der Waals surface area (Å²) in [6.07, 6.45) is 1.80. The minimum Gasteiger partial charge on any atom is -0.341 e. The number of hydrogen-bond donors (Lipinski definition) is 1. The molecule has 0 radical (unpaired) electrons. The van der Waals surface area contributed by atoms with Crippen LogP contribution in [0, 0.1) is 29.0 Å². The summed E-state index contributed by atoms with van der Waals surface area (Å²) in [6.45, 7) is 2.99. The van der Waals surface area contributed by atoms with Crippen molar-refractivity contribution in [1.29, 1.82) is 5.26 Å². The monoisotopic (exact) mass is 449 g/mol. The minimum absolute atomic E-state index is 0.0119. The lowest BCUT2D eigenvalue weighted by Crippen LogP contribution is -2.44. The van der Waals surface area contributed by atoms with Gasteiger partial charge < -0.3 is 10.6 Å². The smallest absolute Gasteiger partial charge is 0.332 e. The van der Waals surface area contributed by atoms with Crippen molar-refractivity contribution in [3.05, 3.63) is 56.0 Å². The van der Waals surface area contributed by atoms with Gasteiger partial charge in [0.1, 0.15) is 5.82 Å². The van der Waals surface area contributed by atoms with Gasteiger partial charge in [-0.05, 0) is 43.5 Å². The van der Waals surface area contributed by atoms with Crippen LogP contribution in [0.2, 0.25) is 0 Å². The van der Waals surface area contributed by atoms with Gasteiger partial charge >= 0.3 is 5.69 Å². The van der Waals surface area contributed by atoms with Crippen molar-refractivity contribution in [2.45, 2.75) is 38.9 Å². The zero-order chi connectivity index (χ0) is 23.7. The highest BCUT2D eigenvalue weighted by Crippen LogP contribution is 2.23. The Balaban J connectivity index is 1.95. The van der Waals surface area contributed by atoms with Crippen molar-refractivity contribution in [2.24, 2.45) is 12.8 Å². The Morgan fingerprint density at radius 3 is 2.79 bits per heavy atom. The van der Waals surface area contributed by atoms with Gasteiger partial charge in [-0.3, -0.25) is 18.5 Å². The molecule has 2 N–H and O–H groups in total. The molecule has 3 aromatic rings. The third kappa shape index (κ3) is 4.01. The first kappa shape index (κ1) is 22.3. The summed E-state index contributed by atoms with van der Waals surface area (Å²) in [4.78, 5) is 33.3. The first-order valence-electron chi connectivity index (χ1n) is 10.6. The summed E-state index contributed by atoms with van der Waals surface area (Å²) in [6, 6.07) is 5.63. The number of nitrogens with two attached hydrogens (primary N) is 1. The lowest BCUT2D eigenvalue weighted by Gasteiger charge is -2.31. The number of anilines is 1. The highest BCUT2D eigenvalue weighted by molar-refractivity contribution is 5.75. The second-order valence-electron chi connectivity index (χ2n) is 8.09. The molecule has 3 heterocycles. The van der Waals surface area contributed by atoms with E-state index in [0.717, 1.165) is 30.0 Å². The molecule has 0 unspecified atom stereocenters. The molecule has 4 rings (SSSR count). The van der Waals surface area contributed by atoms with Crippen molar-refractivity contribution in [1.82, 2.24) is 18.7 Å². The zero-order valence-electron chi connectivity index (χ0n) is 18.5. The van der Waals surface area contributed by atoms with Crippen molar-refractivity contribution in [3.63, 3.8) is 0 Å². The van der Waals surface area contributed by atoms with Crippen molar-refractivity contribution < 1.29 is 4.39 Å². The van der Waals surface area contributed by atoms with Gasteiger partial charge in [-0.2, -0.15) is 10.2 Å². The van der Waals surface area contributed by atoms with Crippen molar-refractivity contribution >= 4 is 17.1 Å². The van der Waals surface area contributed by atoms with Gasteiger partial charge in [0.25, 0.3) is 5.56 Å². The Labute approximate surface area is 189 Å². The SMILES string of the molecule is CC#CCn1c(N2CCC[C@@H](N)C2)nc2c1c(=O)n(Cc1cc(F)ccc1C#N)c(=O)n2C. The molecule has 33 heavy (non-hydrogen) atoms. The number of piperidine rings is 1. The van der Waals surface area contributed by atoms with Gasteiger partial charge in [0.2, 0.25) is 5.95 Å². The van der Waals surface area contributed by atoms with Gasteiger partial charge in [-0.15, -0.1) is 5.92 Å². The highest BCUT2D eigenvalue weighted by Gasteiger charge is 2.26. The third-order valence-corrected chi connectivity index (χ3v) is 5.88. The summed E-state index contributed by atoms with van der Waals surface area (Å²) in [5, 5.41) is 9.37. The second kappa shape index (κ2) is 8.93. The number of fused-ring (bicyclic) bond motifs is 1. The van der Waals surface area contributed by atoms with E-state index in [1.807, 2.05) is 11.0 Å². The van der Waals surface area contributed by atoms with Crippen LogP contribution in [-0.2, 0) is 20.1 Å². The zero-order valence-corrected chi connectivity index (χ0v) is 18.5. The topological polar surface area (TPSA) is 115 Å². The molecule has 1 saturated heterocycles. The maximum Gasteiger partial charge on any atom is 0.332 e. The number of imidazole rings is 1. The Kier molecular flexibility index (Phi) is 6.03. The van der Waals surface area contributed by atoms with Crippen LogP contribution in [0.4, 0.5) is 10.3 Å². The fraction of sp³-hybridized carbons (Fsp3) is 0.391. The average Bonchev–Trinajstić information content (AvgIpc) is 3.19. The van der Waals surface area contributed by atoms with E-state index < -0.39 is 17.1 Å². The highest BCUT2D eigenvalue weighted by atomic mass is 19.1. The van der Waals surface area contributed by atoms with Crippen LogP contribution in [0.15, 0.2) is 27.8 Å². The van der Waals surface area contributed by atoms with Gasteiger partial charge in [-0.1, -0.05) is 5.92 Å². The van der Waals surface area contributed by atoms with E-state index in [9.17, 15) is 19.2 Å². The number of benzene rings is 1. The van der Waals surface area contributed by atoms with Crippen molar-refractivity contribution in [2.75, 3.05) is 18.0 Å². The number of aromatic nitrogens is 4. The van der Waals surface area contributed by atoms with Gasteiger partial charge in [0, 0.05) is 26.2 Å². The average molecular weight is 449 g/mol. The van der Waals surface area contributed by atoms with Crippen LogP contribution in [0.5, 0.6) is 0 Å². The number of nitrogens with zero attached hydrogens (tertiary/aromatic N) is 6. The molecule has 0 amide bonds. The summed E-state index contributed by atoms with van der Waals surface area (Å²) in [5.74, 6) is 5.79. The first-order valence-corrected chi connectivity index (χ1v) is 10.6. The molecule has 2 aromatic heterocycles. The van der Waals surface area contributed by atoms with E-state index in [1.165, 1.54) is 23.7 Å². The van der Waals surface area contributed by atoms with Gasteiger partial charge in [-0.25, -0.2) is 9.18 Å². The molecule has 10 heteroatoms. The number of nitriles is 1. The molecule has 1 aliphatic rings. The largest absolute Gasteiger partial charge is 0.341 e. The molecule has 9 nitrogen and oxygen atoms in total. The third-order valence-electron chi connectivity index (χ3n) is 5.88. The van der Waals surface area contributed by atoms with E-state index in [0.29, 0.717) is 12.5 Å². The molecule has 170 valence electrons. The standard InChI is InChI=1S/C23H24FN7O2/c1-3-4-10-30-19-20(27-22(30)29-9-5-6-18(26)14-29)28(2)23(33)31(21(19)32)13-16-11-17(24)8-7-15(16)12-25/h7-8,11,18H,5-6,9-10,13-14,26H2,1-2H3/t18-/m1/s1. The quantitative estimate of drug-likeness (QED) is 0.592. The van der Waals surface area contributed by atoms with Crippen LogP contribution in [0.1, 0.15) is 30.9 Å². The Morgan fingerprint density at radius 2 is 2.09 bits per heavy atom. The fourth-order valence-corrected chi connectivity index (χ4v) is 4.21. The second-order valence-corrected chi connectivity index (χ2v) is 8.09. The molecule has 1 aliphatic heterocycles. The number of aryl methyl sites for hydroxylation is 1. The molecule has 0 aliphatic carbocycles. The van der Waals surface area contributed by atoms with E-state index in [-0.39, 0.29) is 41.4 Å². The van der Waals surface area contributed by atoms with Gasteiger partial charge in [0.05, 0.1) is 24.7 Å². The number of rotatable bonds is 4. The predicted octanol–water partition coefficient (Wildman–Crippen LogP) is 0.907. The van der Waals surface area contributed by atoms with Crippen LogP contribution >= 0.6 is 0 Å². The normalized spacial score (nSPS) is 15.8. The number of halogens is 1. The number of hydrogen-bond acceptors (Lipinski definition) is 6. The maximum absolute atomic E-state index is 13.8. The molecule has 1 fully saturated rings. The molecule has 0 spiro atoms. The van der Waals surface area contributed by atoms with Crippen LogP contribution in [0.3, 0.4) is 0 Å². The van der Waals surface area contributed by atoms with Crippen LogP contribution in [0.25, 0.3) is 11.2 Å². The predicted molar refractivity (Wildman–Crippen MR) is 122 cm³/mol. The fourth-order valence-electron chi connectivity index (χ4n) is 4.21. The van der Waals surface area contributed by atoms with Crippen LogP contribution < -0.4 is 21.9 Å². The van der Waals surface area contributed by atoms with Gasteiger partial charge in [0.15, 0.2) is 11.2 Å². The molecule has 0 saturated carbocycles. The first-order chi connectivity index (χ1) is 15.8. The van der Waals surface area contributed by atoms with E-state index >= 15 is 0 Å². The van der Waals surface area contributed by atoms with Crippen molar-refractivity contribution in [3.8, 4) is 17.9 Å². The molecular formula is C23H24FN7O2. The molecule has 1 aromatic carbocycles. The van der Waals surface area contributed by atoms with E-state index in [4.69, 9.17) is 5.73 Å². The van der Waals surface area contributed by atoms with E-state index in [2.05, 4.69) is 16.8 Å². The lowest BCUT2D eigenvalue weighted by molar-refractivity contribution is 0.496. The minimum atomic E-state index is -0.603. The lowest BCUT2D eigenvalue weighted by atomic mass is 10.1. The summed E-state index contributed by atoms with van der Waals surface area (Å²) in [5.41, 5.74) is 5.89. The summed E-state index contributed by atoms with van der Waals surface area (Å²) in [7, 11) is 1.53. The Bertz CT molecular complexity index is 1450. The summed E-state index contributed by atoms with van der Waals surface area (Å²) < 4.78 is 17.8. The Hall–Kier alpha value is -3.89. The van der Waals surface area contributed by atoms with E-state index in [1.54, 1.807) is 11.5 Å². The molecule has 0 bridgehead atoms. The summed E-state index contributed by atoms with van der Waals surface area (Å²) >= 11 is 0. The maximum atomic E-state index is 13.8.